The third kappa shape index (κ3) is 3.08. The Morgan fingerprint density at radius 3 is 2.47 bits per heavy atom. The Morgan fingerprint density at radius 2 is 1.84 bits per heavy atom. The van der Waals surface area contributed by atoms with Crippen LogP contribution < -0.4 is 4.74 Å². The van der Waals surface area contributed by atoms with Crippen molar-refractivity contribution in [2.24, 2.45) is 0 Å². The largest absolute Gasteiger partial charge is 0.487 e. The number of nitrogens with zero attached hydrogens (tertiary/aromatic N) is 3. The van der Waals surface area contributed by atoms with Gasteiger partial charge in [0.2, 0.25) is 0 Å². The predicted octanol–water partition coefficient (Wildman–Crippen LogP) is 3.50. The fraction of sp³-hybridized carbons (Fsp3) is 0.400. The number of benzene rings is 1. The van der Waals surface area contributed by atoms with Crippen LogP contribution in [0.15, 0.2) is 36.5 Å². The second-order valence-corrected chi connectivity index (χ2v) is 4.76. The van der Waals surface area contributed by atoms with Crippen LogP contribution in [0.5, 0.6) is 5.75 Å². The molecule has 0 radical (unpaired) electrons. The van der Waals surface area contributed by atoms with Crippen LogP contribution in [0.4, 0.5) is 0 Å². The molecule has 0 unspecified atom stereocenters. The van der Waals surface area contributed by atoms with Crippen LogP contribution in [-0.4, -0.2) is 21.0 Å². The van der Waals surface area contributed by atoms with E-state index in [0.717, 1.165) is 29.8 Å². The number of hydrogen-bond donors (Lipinski definition) is 0. The Balaban J connectivity index is 2.37. The predicted molar refractivity (Wildman–Crippen MR) is 74.9 cm³/mol. The van der Waals surface area contributed by atoms with Gasteiger partial charge in [-0.1, -0.05) is 26.0 Å². The summed E-state index contributed by atoms with van der Waals surface area (Å²) in [4.78, 5) is 0. The van der Waals surface area contributed by atoms with Crippen molar-refractivity contribution in [3.8, 4) is 17.0 Å². The summed E-state index contributed by atoms with van der Waals surface area (Å²) < 4.78 is 6.20. The van der Waals surface area contributed by atoms with Crippen molar-refractivity contribution in [3.05, 3.63) is 36.5 Å². The maximum absolute atomic E-state index is 6.20. The van der Waals surface area contributed by atoms with Gasteiger partial charge < -0.3 is 4.74 Å². The highest BCUT2D eigenvalue weighted by molar-refractivity contribution is 5.66. The SMILES string of the molecule is CCC(C)(CC)Oc1ccccc1-c1ccnnn1. The van der Waals surface area contributed by atoms with Crippen LogP contribution in [0, 0.1) is 0 Å². The van der Waals surface area contributed by atoms with Gasteiger partial charge in [-0.3, -0.25) is 0 Å². The highest BCUT2D eigenvalue weighted by atomic mass is 16.5. The second-order valence-electron chi connectivity index (χ2n) is 4.76. The summed E-state index contributed by atoms with van der Waals surface area (Å²) in [5.41, 5.74) is 1.57. The highest BCUT2D eigenvalue weighted by Gasteiger charge is 2.23. The Morgan fingerprint density at radius 1 is 1.11 bits per heavy atom. The first-order valence-corrected chi connectivity index (χ1v) is 6.61. The van der Waals surface area contributed by atoms with E-state index in [9.17, 15) is 0 Å². The molecule has 1 aromatic carbocycles. The molecule has 0 aliphatic heterocycles. The van der Waals surface area contributed by atoms with Crippen molar-refractivity contribution < 1.29 is 4.74 Å². The molecule has 0 saturated heterocycles. The third-order valence-electron chi connectivity index (χ3n) is 3.52. The molecule has 4 heteroatoms. The van der Waals surface area contributed by atoms with E-state index in [1.165, 1.54) is 0 Å². The Labute approximate surface area is 113 Å². The molecule has 0 amide bonds. The fourth-order valence-corrected chi connectivity index (χ4v) is 1.81. The molecule has 0 fully saturated rings. The van der Waals surface area contributed by atoms with Gasteiger partial charge in [0.05, 0.1) is 6.20 Å². The van der Waals surface area contributed by atoms with Gasteiger partial charge in [0.15, 0.2) is 0 Å². The van der Waals surface area contributed by atoms with Crippen LogP contribution in [-0.2, 0) is 0 Å². The highest BCUT2D eigenvalue weighted by Crippen LogP contribution is 2.32. The lowest BCUT2D eigenvalue weighted by Gasteiger charge is -2.29. The minimum absolute atomic E-state index is 0.156. The summed E-state index contributed by atoms with van der Waals surface area (Å²) in [6.45, 7) is 6.40. The first-order valence-electron chi connectivity index (χ1n) is 6.61. The lowest BCUT2D eigenvalue weighted by Crippen LogP contribution is -2.30. The zero-order chi connectivity index (χ0) is 13.7. The molecule has 19 heavy (non-hydrogen) atoms. The number of aromatic nitrogens is 3. The molecule has 100 valence electrons. The number of rotatable bonds is 5. The molecule has 1 heterocycles. The van der Waals surface area contributed by atoms with Gasteiger partial charge >= 0.3 is 0 Å². The van der Waals surface area contributed by atoms with E-state index < -0.39 is 0 Å². The van der Waals surface area contributed by atoms with Crippen LogP contribution in [0.3, 0.4) is 0 Å². The lowest BCUT2D eigenvalue weighted by molar-refractivity contribution is 0.0809. The first kappa shape index (κ1) is 13.5. The van der Waals surface area contributed by atoms with Crippen molar-refractivity contribution in [1.29, 1.82) is 0 Å². The van der Waals surface area contributed by atoms with Gasteiger partial charge in [0.25, 0.3) is 0 Å². The standard InChI is InChI=1S/C15H19N3O/c1-4-15(3,5-2)19-14-9-7-6-8-12(14)13-10-11-16-18-17-13/h6-11H,4-5H2,1-3H3. The molecule has 0 atom stereocenters. The molecule has 0 saturated carbocycles. The fourth-order valence-electron chi connectivity index (χ4n) is 1.81. The monoisotopic (exact) mass is 257 g/mol. The van der Waals surface area contributed by atoms with E-state index in [1.807, 2.05) is 30.3 Å². The second kappa shape index (κ2) is 5.78. The van der Waals surface area contributed by atoms with Crippen LogP contribution in [0.1, 0.15) is 33.6 Å². The van der Waals surface area contributed by atoms with E-state index in [1.54, 1.807) is 6.20 Å². The summed E-state index contributed by atoms with van der Waals surface area (Å²) in [5, 5.41) is 11.4. The molecule has 2 aromatic rings. The molecule has 0 bridgehead atoms. The van der Waals surface area contributed by atoms with Gasteiger partial charge in [-0.05, 0) is 43.2 Å². The Kier molecular flexibility index (Phi) is 4.10. The maximum atomic E-state index is 6.20. The van der Waals surface area contributed by atoms with E-state index >= 15 is 0 Å². The van der Waals surface area contributed by atoms with Crippen molar-refractivity contribution in [1.82, 2.24) is 15.4 Å². The lowest BCUT2D eigenvalue weighted by atomic mass is 9.99. The van der Waals surface area contributed by atoms with Gasteiger partial charge in [0.1, 0.15) is 17.0 Å². The zero-order valence-electron chi connectivity index (χ0n) is 11.6. The van der Waals surface area contributed by atoms with E-state index in [0.29, 0.717) is 0 Å². The average Bonchev–Trinajstić information content (AvgIpc) is 2.48. The molecule has 1 aromatic heterocycles. The van der Waals surface area contributed by atoms with Crippen molar-refractivity contribution in [2.45, 2.75) is 39.2 Å². The molecular weight excluding hydrogens is 238 g/mol. The molecule has 4 nitrogen and oxygen atoms in total. The van der Waals surface area contributed by atoms with Gasteiger partial charge in [-0.2, -0.15) is 0 Å². The topological polar surface area (TPSA) is 47.9 Å². The minimum Gasteiger partial charge on any atom is -0.487 e. The van der Waals surface area contributed by atoms with Gasteiger partial charge in [0, 0.05) is 5.56 Å². The first-order chi connectivity index (χ1) is 9.18. The molecule has 0 aliphatic rings. The molecule has 2 rings (SSSR count). The smallest absolute Gasteiger partial charge is 0.129 e. The maximum Gasteiger partial charge on any atom is 0.129 e. The third-order valence-corrected chi connectivity index (χ3v) is 3.52. The van der Waals surface area contributed by atoms with Crippen molar-refractivity contribution >= 4 is 0 Å². The minimum atomic E-state index is -0.156. The summed E-state index contributed by atoms with van der Waals surface area (Å²) in [5.74, 6) is 0.842. The summed E-state index contributed by atoms with van der Waals surface area (Å²) in [6, 6.07) is 9.75. The van der Waals surface area contributed by atoms with Crippen LogP contribution >= 0.6 is 0 Å². The van der Waals surface area contributed by atoms with Crippen LogP contribution in [0.25, 0.3) is 11.3 Å². The number of hydrogen-bond acceptors (Lipinski definition) is 4. The van der Waals surface area contributed by atoms with E-state index in [-0.39, 0.29) is 5.60 Å². The number of para-hydroxylation sites is 1. The Hall–Kier alpha value is -1.97. The van der Waals surface area contributed by atoms with Crippen molar-refractivity contribution in [2.75, 3.05) is 0 Å². The van der Waals surface area contributed by atoms with Gasteiger partial charge in [-0.25, -0.2) is 0 Å². The normalized spacial score (nSPS) is 11.3. The average molecular weight is 257 g/mol. The summed E-state index contributed by atoms with van der Waals surface area (Å²) in [7, 11) is 0. The quantitative estimate of drug-likeness (QED) is 0.822. The van der Waals surface area contributed by atoms with Gasteiger partial charge in [-0.15, -0.1) is 10.2 Å². The Bertz CT molecular complexity index is 524. The van der Waals surface area contributed by atoms with E-state index in [4.69, 9.17) is 4.74 Å². The molecule has 0 aliphatic carbocycles. The summed E-state index contributed by atoms with van der Waals surface area (Å²) >= 11 is 0. The number of ether oxygens (including phenoxy) is 1. The molecule has 0 N–H and O–H groups in total. The zero-order valence-corrected chi connectivity index (χ0v) is 11.6. The van der Waals surface area contributed by atoms with E-state index in [2.05, 4.69) is 36.2 Å². The molecule has 0 spiro atoms. The molecular formula is C15H19N3O. The van der Waals surface area contributed by atoms with Crippen LogP contribution in [0.2, 0.25) is 0 Å². The van der Waals surface area contributed by atoms with Crippen molar-refractivity contribution in [3.63, 3.8) is 0 Å². The summed E-state index contributed by atoms with van der Waals surface area (Å²) in [6.07, 6.45) is 3.55.